The highest BCUT2D eigenvalue weighted by atomic mass is 16.2. The van der Waals surface area contributed by atoms with Crippen LogP contribution < -0.4 is 5.32 Å². The standard InChI is InChI=1S/C18H25N5O/c1-14-11-16(22-21-14)12-18(24)23(13-15-5-2-3-9-20-15)17-6-4-8-19-10-7-17/h2-3,5,9,11,17,19H,4,6-8,10,12-13H2,1H3,(H,21,22)/t17-/m1/s1. The molecule has 0 aliphatic carbocycles. The Morgan fingerprint density at radius 3 is 2.96 bits per heavy atom. The first-order valence-electron chi connectivity index (χ1n) is 8.63. The second kappa shape index (κ2) is 8.06. The van der Waals surface area contributed by atoms with Crippen LogP contribution in [0.4, 0.5) is 0 Å². The van der Waals surface area contributed by atoms with E-state index in [0.717, 1.165) is 49.4 Å². The van der Waals surface area contributed by atoms with Crippen molar-refractivity contribution < 1.29 is 4.79 Å². The molecule has 0 radical (unpaired) electrons. The van der Waals surface area contributed by atoms with Gasteiger partial charge in [-0.3, -0.25) is 14.9 Å². The van der Waals surface area contributed by atoms with Crippen LogP contribution in [0.1, 0.15) is 36.3 Å². The van der Waals surface area contributed by atoms with E-state index in [4.69, 9.17) is 0 Å². The molecule has 0 unspecified atom stereocenters. The van der Waals surface area contributed by atoms with Gasteiger partial charge in [0.2, 0.25) is 5.91 Å². The van der Waals surface area contributed by atoms with Crippen molar-refractivity contribution in [2.75, 3.05) is 13.1 Å². The van der Waals surface area contributed by atoms with Crippen LogP contribution in [0.3, 0.4) is 0 Å². The summed E-state index contributed by atoms with van der Waals surface area (Å²) in [4.78, 5) is 19.4. The molecule has 0 bridgehead atoms. The maximum absolute atomic E-state index is 13.0. The Balaban J connectivity index is 1.75. The summed E-state index contributed by atoms with van der Waals surface area (Å²) in [6.45, 7) is 4.50. The van der Waals surface area contributed by atoms with Crippen molar-refractivity contribution in [2.24, 2.45) is 0 Å². The Bertz CT molecular complexity index is 646. The average molecular weight is 327 g/mol. The number of hydrogen-bond acceptors (Lipinski definition) is 4. The van der Waals surface area contributed by atoms with Gasteiger partial charge in [0.1, 0.15) is 0 Å². The van der Waals surface area contributed by atoms with Gasteiger partial charge in [0.05, 0.1) is 24.4 Å². The summed E-state index contributed by atoms with van der Waals surface area (Å²) in [6, 6.07) is 8.04. The van der Waals surface area contributed by atoms with Gasteiger partial charge in [-0.1, -0.05) is 6.07 Å². The highest BCUT2D eigenvalue weighted by molar-refractivity contribution is 5.78. The van der Waals surface area contributed by atoms with Crippen LogP contribution in [0.25, 0.3) is 0 Å². The summed E-state index contributed by atoms with van der Waals surface area (Å²) < 4.78 is 0. The van der Waals surface area contributed by atoms with E-state index in [-0.39, 0.29) is 11.9 Å². The molecule has 3 rings (SSSR count). The number of amides is 1. The van der Waals surface area contributed by atoms with Gasteiger partial charge in [-0.05, 0) is 57.5 Å². The molecule has 128 valence electrons. The normalized spacial score (nSPS) is 18.1. The number of nitrogens with one attached hydrogen (secondary N) is 2. The van der Waals surface area contributed by atoms with Gasteiger partial charge < -0.3 is 10.2 Å². The Morgan fingerprint density at radius 1 is 1.29 bits per heavy atom. The summed E-state index contributed by atoms with van der Waals surface area (Å²) in [5, 5.41) is 10.5. The number of carbonyl (C=O) groups is 1. The minimum Gasteiger partial charge on any atom is -0.333 e. The van der Waals surface area contributed by atoms with Crippen molar-refractivity contribution >= 4 is 5.91 Å². The molecule has 1 atom stereocenters. The predicted octanol–water partition coefficient (Wildman–Crippen LogP) is 1.83. The van der Waals surface area contributed by atoms with Crippen molar-refractivity contribution in [2.45, 2.75) is 45.2 Å². The van der Waals surface area contributed by atoms with E-state index in [1.165, 1.54) is 0 Å². The van der Waals surface area contributed by atoms with Gasteiger partial charge in [0, 0.05) is 17.9 Å². The number of aromatic amines is 1. The van der Waals surface area contributed by atoms with E-state index in [1.54, 1.807) is 6.20 Å². The minimum absolute atomic E-state index is 0.124. The fourth-order valence-electron chi connectivity index (χ4n) is 3.22. The first-order chi connectivity index (χ1) is 11.7. The zero-order valence-electron chi connectivity index (χ0n) is 14.2. The Hall–Kier alpha value is -2.21. The van der Waals surface area contributed by atoms with Crippen LogP contribution in [0.2, 0.25) is 0 Å². The third-order valence-corrected chi connectivity index (χ3v) is 4.46. The summed E-state index contributed by atoms with van der Waals surface area (Å²) in [5.74, 6) is 0.124. The summed E-state index contributed by atoms with van der Waals surface area (Å²) in [6.07, 6.45) is 5.23. The maximum atomic E-state index is 13.0. The van der Waals surface area contributed by atoms with Gasteiger partial charge >= 0.3 is 0 Å². The molecular weight excluding hydrogens is 302 g/mol. The van der Waals surface area contributed by atoms with E-state index < -0.39 is 0 Å². The second-order valence-electron chi connectivity index (χ2n) is 6.40. The summed E-state index contributed by atoms with van der Waals surface area (Å²) in [7, 11) is 0. The molecule has 6 heteroatoms. The first kappa shape index (κ1) is 16.6. The topological polar surface area (TPSA) is 73.9 Å². The molecule has 2 aromatic rings. The Labute approximate surface area is 142 Å². The number of pyridine rings is 1. The van der Waals surface area contributed by atoms with Gasteiger partial charge in [-0.2, -0.15) is 5.10 Å². The molecular formula is C18H25N5O. The Kier molecular flexibility index (Phi) is 5.59. The number of aryl methyl sites for hydroxylation is 1. The lowest BCUT2D eigenvalue weighted by Gasteiger charge is -2.31. The van der Waals surface area contributed by atoms with E-state index >= 15 is 0 Å². The number of hydrogen-bond donors (Lipinski definition) is 2. The van der Waals surface area contributed by atoms with Crippen LogP contribution in [0.15, 0.2) is 30.5 Å². The molecule has 0 aromatic carbocycles. The van der Waals surface area contributed by atoms with Gasteiger partial charge in [-0.15, -0.1) is 0 Å². The van der Waals surface area contributed by atoms with Crippen molar-refractivity contribution in [3.05, 3.63) is 47.5 Å². The van der Waals surface area contributed by atoms with Gasteiger partial charge in [-0.25, -0.2) is 0 Å². The Morgan fingerprint density at radius 2 is 2.21 bits per heavy atom. The molecule has 6 nitrogen and oxygen atoms in total. The molecule has 1 amide bonds. The smallest absolute Gasteiger partial charge is 0.229 e. The molecule has 0 saturated carbocycles. The molecule has 1 aliphatic heterocycles. The molecule has 0 spiro atoms. The fourth-order valence-corrected chi connectivity index (χ4v) is 3.22. The van der Waals surface area contributed by atoms with Crippen LogP contribution in [0, 0.1) is 6.92 Å². The maximum Gasteiger partial charge on any atom is 0.229 e. The number of carbonyl (C=O) groups excluding carboxylic acids is 1. The molecule has 2 aromatic heterocycles. The van der Waals surface area contributed by atoms with Crippen molar-refractivity contribution in [3.8, 4) is 0 Å². The van der Waals surface area contributed by atoms with Crippen LogP contribution in [-0.2, 0) is 17.8 Å². The second-order valence-corrected chi connectivity index (χ2v) is 6.40. The lowest BCUT2D eigenvalue weighted by Crippen LogP contribution is -2.41. The first-order valence-corrected chi connectivity index (χ1v) is 8.63. The third-order valence-electron chi connectivity index (χ3n) is 4.46. The zero-order chi connectivity index (χ0) is 16.8. The van der Waals surface area contributed by atoms with Gasteiger partial charge in [0.15, 0.2) is 0 Å². The SMILES string of the molecule is Cc1cc(CC(=O)N(Cc2ccccn2)[C@@H]2CCCNCC2)n[nH]1. The number of aromatic nitrogens is 3. The van der Waals surface area contributed by atoms with E-state index in [9.17, 15) is 4.79 Å². The van der Waals surface area contributed by atoms with Crippen molar-refractivity contribution in [1.82, 2.24) is 25.4 Å². The predicted molar refractivity (Wildman–Crippen MR) is 92.3 cm³/mol. The molecule has 3 heterocycles. The van der Waals surface area contributed by atoms with E-state index in [0.29, 0.717) is 13.0 Å². The molecule has 24 heavy (non-hydrogen) atoms. The largest absolute Gasteiger partial charge is 0.333 e. The van der Waals surface area contributed by atoms with Crippen LogP contribution in [-0.4, -0.2) is 45.1 Å². The van der Waals surface area contributed by atoms with E-state index in [2.05, 4.69) is 20.5 Å². The van der Waals surface area contributed by atoms with Crippen LogP contribution >= 0.6 is 0 Å². The third kappa shape index (κ3) is 4.41. The molecule has 1 fully saturated rings. The zero-order valence-corrected chi connectivity index (χ0v) is 14.2. The minimum atomic E-state index is 0.124. The molecule has 2 N–H and O–H groups in total. The fraction of sp³-hybridized carbons (Fsp3) is 0.500. The van der Waals surface area contributed by atoms with Crippen molar-refractivity contribution in [3.63, 3.8) is 0 Å². The number of rotatable bonds is 5. The average Bonchev–Trinajstić information content (AvgIpc) is 2.84. The number of nitrogens with zero attached hydrogens (tertiary/aromatic N) is 3. The van der Waals surface area contributed by atoms with Crippen molar-refractivity contribution in [1.29, 1.82) is 0 Å². The van der Waals surface area contributed by atoms with Crippen LogP contribution in [0.5, 0.6) is 0 Å². The van der Waals surface area contributed by atoms with Gasteiger partial charge in [0.25, 0.3) is 0 Å². The highest BCUT2D eigenvalue weighted by Gasteiger charge is 2.25. The summed E-state index contributed by atoms with van der Waals surface area (Å²) in [5.41, 5.74) is 2.71. The summed E-state index contributed by atoms with van der Waals surface area (Å²) >= 11 is 0. The lowest BCUT2D eigenvalue weighted by atomic mass is 10.1. The monoisotopic (exact) mass is 327 g/mol. The quantitative estimate of drug-likeness (QED) is 0.878. The lowest BCUT2D eigenvalue weighted by molar-refractivity contribution is -0.133. The van der Waals surface area contributed by atoms with E-state index in [1.807, 2.05) is 36.1 Å². The highest BCUT2D eigenvalue weighted by Crippen LogP contribution is 2.18. The molecule has 1 aliphatic rings. The number of H-pyrrole nitrogens is 1. The molecule has 1 saturated heterocycles.